The lowest BCUT2D eigenvalue weighted by Gasteiger charge is -2.07. The van der Waals surface area contributed by atoms with Gasteiger partial charge in [0.05, 0.1) is 0 Å². The van der Waals surface area contributed by atoms with Gasteiger partial charge in [-0.1, -0.05) is 60.7 Å². The number of aromatic nitrogens is 2. The Kier molecular flexibility index (Phi) is 3.86. The predicted molar refractivity (Wildman–Crippen MR) is 119 cm³/mol. The molecule has 3 aromatic carbocycles. The zero-order valence-corrected chi connectivity index (χ0v) is 16.5. The summed E-state index contributed by atoms with van der Waals surface area (Å²) in [5.41, 5.74) is 1.54. The highest BCUT2D eigenvalue weighted by atomic mass is 16.3. The molecule has 0 fully saturated rings. The van der Waals surface area contributed by atoms with Crippen LogP contribution in [0.2, 0.25) is 0 Å². The number of benzene rings is 3. The first kappa shape index (κ1) is 14.9. The third-order valence-electron chi connectivity index (χ3n) is 5.00. The Morgan fingerprint density at radius 3 is 2.26 bits per heavy atom. The highest BCUT2D eigenvalue weighted by molar-refractivity contribution is 5.82. The molecule has 1 aliphatic rings. The fourth-order valence-electron chi connectivity index (χ4n) is 3.47. The standard InChI is InChI=1S/C26H21N3O2/c30-21-13-11-20(12-14-21)24-17-29-25(22(27-24)15-18-7-3-1-4-8-18)28-23(26(29)31)16-19-9-5-2-6-10-19/h1-14,17,23,30H,15-16H2/p+1/i15D2,16D2. The fourth-order valence-corrected chi connectivity index (χ4v) is 3.47. The minimum absolute atomic E-state index is 0.0333. The Bertz CT molecular complexity index is 1400. The molecule has 1 unspecified atom stereocenters. The molecule has 0 saturated carbocycles. The van der Waals surface area contributed by atoms with Crippen molar-refractivity contribution in [2.24, 2.45) is 0 Å². The second kappa shape index (κ2) is 8.03. The first-order chi connectivity index (χ1) is 16.7. The molecule has 31 heavy (non-hydrogen) atoms. The Hall–Kier alpha value is -3.99. The molecule has 5 rings (SSSR count). The molecule has 0 aliphatic carbocycles. The molecule has 0 amide bonds. The number of hydrogen-bond acceptors (Lipinski definition) is 4. The van der Waals surface area contributed by atoms with E-state index in [2.05, 4.69) is 10.3 Å². The SMILES string of the molecule is [2H]C([2H])(c1ccccc1)c1nc(-c2ccc(O)cc2)c[n+]2c1NC(C([2H])([2H])c1ccccc1)C2=O. The summed E-state index contributed by atoms with van der Waals surface area (Å²) in [6, 6.07) is 21.9. The number of hydrogen-bond donors (Lipinski definition) is 2. The topological polar surface area (TPSA) is 66.1 Å². The van der Waals surface area contributed by atoms with Crippen molar-refractivity contribution in [3.8, 4) is 17.0 Å². The Morgan fingerprint density at radius 1 is 0.935 bits per heavy atom. The molecule has 0 saturated heterocycles. The maximum atomic E-state index is 13.5. The van der Waals surface area contributed by atoms with Crippen LogP contribution in [0.1, 0.15) is 27.1 Å². The van der Waals surface area contributed by atoms with Crippen LogP contribution in [0.5, 0.6) is 5.75 Å². The molecule has 152 valence electrons. The van der Waals surface area contributed by atoms with E-state index in [9.17, 15) is 9.90 Å². The summed E-state index contributed by atoms with van der Waals surface area (Å²) >= 11 is 0. The van der Waals surface area contributed by atoms with Gasteiger partial charge in [-0.15, -0.1) is 0 Å². The highest BCUT2D eigenvalue weighted by Crippen LogP contribution is 2.25. The summed E-state index contributed by atoms with van der Waals surface area (Å²) in [6.45, 7) is 0. The van der Waals surface area contributed by atoms with E-state index >= 15 is 0 Å². The van der Waals surface area contributed by atoms with Crippen LogP contribution in [0.3, 0.4) is 0 Å². The van der Waals surface area contributed by atoms with Crippen molar-refractivity contribution in [1.29, 1.82) is 0 Å². The lowest BCUT2D eigenvalue weighted by molar-refractivity contribution is -0.552. The number of rotatable bonds is 5. The number of nitrogens with zero attached hydrogens (tertiary/aromatic N) is 2. The van der Waals surface area contributed by atoms with Crippen molar-refractivity contribution in [1.82, 2.24) is 4.98 Å². The number of nitrogens with one attached hydrogen (secondary N) is 1. The number of fused-ring (bicyclic) bond motifs is 1. The molecule has 5 heteroatoms. The Balaban J connectivity index is 1.69. The third kappa shape index (κ3) is 3.90. The van der Waals surface area contributed by atoms with Crippen molar-refractivity contribution in [2.75, 3.05) is 5.32 Å². The van der Waals surface area contributed by atoms with Gasteiger partial charge in [-0.05, 0) is 35.4 Å². The van der Waals surface area contributed by atoms with E-state index in [4.69, 9.17) is 5.48 Å². The van der Waals surface area contributed by atoms with E-state index in [1.807, 2.05) is 0 Å². The van der Waals surface area contributed by atoms with Crippen LogP contribution in [0.15, 0.2) is 91.1 Å². The van der Waals surface area contributed by atoms with Crippen molar-refractivity contribution in [2.45, 2.75) is 18.8 Å². The highest BCUT2D eigenvalue weighted by Gasteiger charge is 2.41. The molecule has 0 bridgehead atoms. The van der Waals surface area contributed by atoms with E-state index < -0.39 is 24.7 Å². The molecular weight excluding hydrogens is 386 g/mol. The number of anilines is 1. The summed E-state index contributed by atoms with van der Waals surface area (Å²) in [4.78, 5) is 18.1. The van der Waals surface area contributed by atoms with Gasteiger partial charge in [0.25, 0.3) is 0 Å². The molecule has 2 heterocycles. The lowest BCUT2D eigenvalue weighted by Crippen LogP contribution is -2.44. The zero-order chi connectivity index (χ0) is 24.8. The molecule has 2 N–H and O–H groups in total. The average molecular weight is 413 g/mol. The molecule has 5 nitrogen and oxygen atoms in total. The first-order valence-electron chi connectivity index (χ1n) is 11.9. The van der Waals surface area contributed by atoms with Crippen LogP contribution in [-0.4, -0.2) is 22.0 Å². The maximum absolute atomic E-state index is 13.5. The van der Waals surface area contributed by atoms with Crippen molar-refractivity contribution >= 4 is 11.7 Å². The van der Waals surface area contributed by atoms with Gasteiger partial charge in [0.15, 0.2) is 6.04 Å². The molecule has 1 atom stereocenters. The van der Waals surface area contributed by atoms with Crippen molar-refractivity contribution in [3.63, 3.8) is 0 Å². The van der Waals surface area contributed by atoms with E-state index in [1.165, 1.54) is 22.9 Å². The van der Waals surface area contributed by atoms with Crippen LogP contribution in [-0.2, 0) is 12.7 Å². The number of carbonyl (C=O) groups is 1. The summed E-state index contributed by atoms with van der Waals surface area (Å²) < 4.78 is 36.6. The maximum Gasteiger partial charge on any atom is 0.359 e. The van der Waals surface area contributed by atoms with Crippen LogP contribution >= 0.6 is 0 Å². The first-order valence-corrected chi connectivity index (χ1v) is 9.88. The fraction of sp³-hybridized carbons (Fsp3) is 0.115. The van der Waals surface area contributed by atoms with Gasteiger partial charge >= 0.3 is 11.7 Å². The number of phenols is 1. The zero-order valence-electron chi connectivity index (χ0n) is 20.5. The second-order valence-electron chi connectivity index (χ2n) is 7.16. The van der Waals surface area contributed by atoms with Crippen LogP contribution in [0.25, 0.3) is 11.3 Å². The Morgan fingerprint density at radius 2 is 1.58 bits per heavy atom. The summed E-state index contributed by atoms with van der Waals surface area (Å²) in [7, 11) is 0. The molecule has 0 spiro atoms. The molecular formula is C26H22N3O2+. The van der Waals surface area contributed by atoms with Crippen molar-refractivity contribution < 1.29 is 20.0 Å². The largest absolute Gasteiger partial charge is 0.508 e. The molecule has 1 aliphatic heterocycles. The monoisotopic (exact) mass is 412 g/mol. The average Bonchev–Trinajstić information content (AvgIpc) is 3.22. The van der Waals surface area contributed by atoms with Gasteiger partial charge in [-0.3, -0.25) is 5.32 Å². The van der Waals surface area contributed by atoms with Gasteiger partial charge in [0.1, 0.15) is 23.3 Å². The van der Waals surface area contributed by atoms with Crippen molar-refractivity contribution in [3.05, 3.63) is 108 Å². The molecule has 4 aromatic rings. The van der Waals surface area contributed by atoms with Gasteiger partial charge < -0.3 is 5.11 Å². The Labute approximate surface area is 186 Å². The normalized spacial score (nSPS) is 17.7. The number of phenolic OH excluding ortho intramolecular Hbond substituents is 1. The lowest BCUT2D eigenvalue weighted by atomic mass is 10.1. The smallest absolute Gasteiger partial charge is 0.359 e. The van der Waals surface area contributed by atoms with Gasteiger partial charge in [0, 0.05) is 23.8 Å². The number of aromatic hydroxyl groups is 1. The van der Waals surface area contributed by atoms with Crippen LogP contribution in [0, 0.1) is 0 Å². The quantitative estimate of drug-likeness (QED) is 0.486. The third-order valence-corrected chi connectivity index (χ3v) is 5.00. The molecule has 1 aromatic heterocycles. The number of carbonyl (C=O) groups excluding carboxylic acids is 1. The molecule has 0 radical (unpaired) electrons. The summed E-state index contributed by atoms with van der Waals surface area (Å²) in [5, 5.41) is 12.6. The van der Waals surface area contributed by atoms with Gasteiger partial charge in [-0.25, -0.2) is 9.78 Å². The van der Waals surface area contributed by atoms with Gasteiger partial charge in [0.2, 0.25) is 0 Å². The summed E-state index contributed by atoms with van der Waals surface area (Å²) in [5.74, 6) is -0.381. The van der Waals surface area contributed by atoms with E-state index in [-0.39, 0.29) is 17.3 Å². The van der Waals surface area contributed by atoms with E-state index in [1.54, 1.807) is 72.8 Å². The van der Waals surface area contributed by atoms with Gasteiger partial charge in [-0.2, -0.15) is 4.57 Å². The van der Waals surface area contributed by atoms with Crippen LogP contribution < -0.4 is 9.88 Å². The van der Waals surface area contributed by atoms with E-state index in [0.717, 1.165) is 0 Å². The minimum Gasteiger partial charge on any atom is -0.508 e. The van der Waals surface area contributed by atoms with Crippen LogP contribution in [0.4, 0.5) is 5.82 Å². The summed E-state index contributed by atoms with van der Waals surface area (Å²) in [6.07, 6.45) is -2.69. The minimum atomic E-state index is -2.09. The van der Waals surface area contributed by atoms with E-state index in [0.29, 0.717) is 22.4 Å². The predicted octanol–water partition coefficient (Wildman–Crippen LogP) is 4.01. The second-order valence-corrected chi connectivity index (χ2v) is 7.16.